The molecule has 3 aliphatic heterocycles. The van der Waals surface area contributed by atoms with Crippen molar-refractivity contribution in [2.24, 2.45) is 4.99 Å². The summed E-state index contributed by atoms with van der Waals surface area (Å²) in [7, 11) is 0. The minimum Gasteiger partial charge on any atom is -0.375 e. The molecule has 1 saturated heterocycles. The maximum absolute atomic E-state index is 12.8. The first-order valence-corrected chi connectivity index (χ1v) is 12.3. The van der Waals surface area contributed by atoms with E-state index in [4.69, 9.17) is 9.72 Å². The highest BCUT2D eigenvalue weighted by molar-refractivity contribution is 6.03. The number of pyridine rings is 2. The zero-order valence-electron chi connectivity index (χ0n) is 19.9. The van der Waals surface area contributed by atoms with Gasteiger partial charge in [-0.2, -0.15) is 5.26 Å². The first-order valence-electron chi connectivity index (χ1n) is 12.3. The first-order chi connectivity index (χ1) is 17.7. The van der Waals surface area contributed by atoms with E-state index >= 15 is 0 Å². The fourth-order valence-electron chi connectivity index (χ4n) is 5.04. The number of nitrogens with zero attached hydrogens (tertiary/aromatic N) is 5. The van der Waals surface area contributed by atoms with Gasteiger partial charge in [0.15, 0.2) is 0 Å². The molecular formula is C28H26N6O2. The number of carbonyl (C=O) groups excluding carboxylic acids is 1. The van der Waals surface area contributed by atoms with Crippen LogP contribution in [0.3, 0.4) is 0 Å². The Morgan fingerprint density at radius 3 is 3.11 bits per heavy atom. The van der Waals surface area contributed by atoms with Crippen LogP contribution in [-0.2, 0) is 17.9 Å². The fourth-order valence-corrected chi connectivity index (χ4v) is 5.04. The van der Waals surface area contributed by atoms with Crippen molar-refractivity contribution in [1.82, 2.24) is 15.3 Å². The van der Waals surface area contributed by atoms with Gasteiger partial charge < -0.3 is 15.0 Å². The molecule has 0 saturated carbocycles. The maximum Gasteiger partial charge on any atom is 0.251 e. The fraction of sp³-hybridized carbons (Fsp3) is 0.321. The molecule has 2 aromatic heterocycles. The van der Waals surface area contributed by atoms with E-state index in [2.05, 4.69) is 32.3 Å². The highest BCUT2D eigenvalue weighted by Crippen LogP contribution is 2.27. The van der Waals surface area contributed by atoms with Crippen molar-refractivity contribution in [3.05, 3.63) is 76.6 Å². The summed E-state index contributed by atoms with van der Waals surface area (Å²) in [6.07, 6.45) is 6.06. The van der Waals surface area contributed by atoms with Crippen LogP contribution in [0.4, 0.5) is 5.82 Å². The lowest BCUT2D eigenvalue weighted by Crippen LogP contribution is -2.37. The number of dihydropyridines is 1. The van der Waals surface area contributed by atoms with Crippen LogP contribution < -0.4 is 10.2 Å². The molecule has 0 bridgehead atoms. The third kappa shape index (κ3) is 4.34. The zero-order chi connectivity index (χ0) is 24.5. The third-order valence-corrected chi connectivity index (χ3v) is 7.02. The van der Waals surface area contributed by atoms with E-state index in [1.165, 1.54) is 11.3 Å². The molecule has 0 radical (unpaired) electrons. The van der Waals surface area contributed by atoms with E-state index < -0.39 is 0 Å². The Balaban J connectivity index is 1.16. The summed E-state index contributed by atoms with van der Waals surface area (Å²) in [5.41, 5.74) is 6.53. The summed E-state index contributed by atoms with van der Waals surface area (Å²) in [5.74, 6) is 0.396. The van der Waals surface area contributed by atoms with Crippen molar-refractivity contribution in [1.29, 1.82) is 5.26 Å². The van der Waals surface area contributed by atoms with Crippen molar-refractivity contribution in [2.45, 2.75) is 31.9 Å². The Bertz CT molecular complexity index is 1450. The van der Waals surface area contributed by atoms with E-state index in [0.29, 0.717) is 25.3 Å². The van der Waals surface area contributed by atoms with Crippen molar-refractivity contribution in [2.75, 3.05) is 31.1 Å². The van der Waals surface area contributed by atoms with Crippen LogP contribution in [0.1, 0.15) is 45.9 Å². The molecular weight excluding hydrogens is 452 g/mol. The Hall–Kier alpha value is -4.09. The molecule has 0 spiro atoms. The number of aromatic nitrogens is 2. The number of benzene rings is 1. The highest BCUT2D eigenvalue weighted by Gasteiger charge is 2.23. The van der Waals surface area contributed by atoms with Gasteiger partial charge in [0, 0.05) is 48.9 Å². The summed E-state index contributed by atoms with van der Waals surface area (Å²) in [4.78, 5) is 29.2. The maximum atomic E-state index is 12.8. The summed E-state index contributed by atoms with van der Waals surface area (Å²) < 4.78 is 5.46. The van der Waals surface area contributed by atoms with Crippen molar-refractivity contribution in [3.8, 4) is 6.07 Å². The predicted octanol–water partition coefficient (Wildman–Crippen LogP) is 3.68. The number of aliphatic imine (C=N–C) groups is 1. The molecule has 0 aliphatic carbocycles. The van der Waals surface area contributed by atoms with Crippen LogP contribution in [0.2, 0.25) is 0 Å². The summed E-state index contributed by atoms with van der Waals surface area (Å²) in [6.45, 7) is 3.76. The minimum absolute atomic E-state index is 0.198. The van der Waals surface area contributed by atoms with Crippen LogP contribution in [-0.4, -0.2) is 47.8 Å². The standard InChI is InChI=1S/C28H26N6O2/c29-12-22-17-36-16-21-4-3-18(10-24(21)22)28(35)32-14-23-11-26-19(13-31-23)5-6-27(33-26)34-9-7-25-20(15-34)2-1-8-30-25/h2-6,10-11,13,22H,1,7-9,14-17H2,(H,32,35)/t22-/m1/s1. The number of carbonyl (C=O) groups is 1. The molecule has 8 heteroatoms. The molecule has 8 nitrogen and oxygen atoms in total. The molecule has 1 amide bonds. The molecule has 3 aromatic rings. The number of nitriles is 1. The average Bonchev–Trinajstić information content (AvgIpc) is 2.94. The van der Waals surface area contributed by atoms with Gasteiger partial charge in [0.25, 0.3) is 5.91 Å². The van der Waals surface area contributed by atoms with Gasteiger partial charge >= 0.3 is 0 Å². The van der Waals surface area contributed by atoms with Crippen LogP contribution >= 0.6 is 0 Å². The first kappa shape index (κ1) is 22.4. The second-order valence-corrected chi connectivity index (χ2v) is 9.35. The molecule has 1 fully saturated rings. The highest BCUT2D eigenvalue weighted by atomic mass is 16.5. The Kier molecular flexibility index (Phi) is 5.91. The Labute approximate surface area is 209 Å². The van der Waals surface area contributed by atoms with E-state index in [9.17, 15) is 10.1 Å². The number of anilines is 1. The summed E-state index contributed by atoms with van der Waals surface area (Å²) in [5, 5.41) is 13.3. The van der Waals surface area contributed by atoms with Gasteiger partial charge in [0.2, 0.25) is 0 Å². The molecule has 36 heavy (non-hydrogen) atoms. The molecule has 180 valence electrons. The number of fused-ring (bicyclic) bond motifs is 3. The SMILES string of the molecule is N#C[C@@H]1COCc2ccc(C(=O)NCc3cc4nc(N5CCC6=NCCC=C6C5)ccc4cn3)cc21. The van der Waals surface area contributed by atoms with Crippen LogP contribution in [0, 0.1) is 11.3 Å². The zero-order valence-corrected chi connectivity index (χ0v) is 19.9. The number of nitrogens with one attached hydrogen (secondary N) is 1. The number of hydrogen-bond donors (Lipinski definition) is 1. The van der Waals surface area contributed by atoms with Crippen LogP contribution in [0.25, 0.3) is 10.9 Å². The van der Waals surface area contributed by atoms with Gasteiger partial charge in [-0.25, -0.2) is 4.98 Å². The molecule has 0 unspecified atom stereocenters. The van der Waals surface area contributed by atoms with Crippen molar-refractivity contribution >= 4 is 28.3 Å². The van der Waals surface area contributed by atoms with Gasteiger partial charge in [0.05, 0.1) is 43.0 Å². The van der Waals surface area contributed by atoms with Crippen molar-refractivity contribution in [3.63, 3.8) is 0 Å². The predicted molar refractivity (Wildman–Crippen MR) is 137 cm³/mol. The third-order valence-electron chi connectivity index (χ3n) is 7.02. The lowest BCUT2D eigenvalue weighted by molar-refractivity contribution is 0.0945. The van der Waals surface area contributed by atoms with E-state index in [-0.39, 0.29) is 11.8 Å². The number of rotatable bonds is 4. The van der Waals surface area contributed by atoms with Crippen molar-refractivity contribution < 1.29 is 9.53 Å². The Morgan fingerprint density at radius 2 is 2.19 bits per heavy atom. The molecule has 1 aromatic carbocycles. The molecule has 5 heterocycles. The summed E-state index contributed by atoms with van der Waals surface area (Å²) >= 11 is 0. The van der Waals surface area contributed by atoms with Gasteiger partial charge in [-0.3, -0.25) is 14.8 Å². The number of amides is 1. The lowest BCUT2D eigenvalue weighted by atomic mass is 9.92. The topological polar surface area (TPSA) is 103 Å². The molecule has 3 aliphatic rings. The smallest absolute Gasteiger partial charge is 0.251 e. The van der Waals surface area contributed by atoms with Crippen LogP contribution in [0.15, 0.2) is 59.2 Å². The second kappa shape index (κ2) is 9.51. The quantitative estimate of drug-likeness (QED) is 0.614. The lowest BCUT2D eigenvalue weighted by Gasteiger charge is -2.32. The minimum atomic E-state index is -0.350. The number of ether oxygens (including phenoxy) is 1. The second-order valence-electron chi connectivity index (χ2n) is 9.35. The van der Waals surface area contributed by atoms with Gasteiger partial charge in [-0.1, -0.05) is 12.1 Å². The average molecular weight is 479 g/mol. The van der Waals surface area contributed by atoms with Gasteiger partial charge in [0.1, 0.15) is 5.82 Å². The molecule has 6 rings (SSSR count). The van der Waals surface area contributed by atoms with E-state index in [1.54, 1.807) is 18.3 Å². The van der Waals surface area contributed by atoms with E-state index in [1.807, 2.05) is 24.3 Å². The molecule has 1 atom stereocenters. The largest absolute Gasteiger partial charge is 0.375 e. The number of hydrogen-bond acceptors (Lipinski definition) is 7. The monoisotopic (exact) mass is 478 g/mol. The molecule has 1 N–H and O–H groups in total. The number of piperidine rings is 1. The van der Waals surface area contributed by atoms with E-state index in [0.717, 1.165) is 66.0 Å². The summed E-state index contributed by atoms with van der Waals surface area (Å²) in [6, 6.07) is 13.7. The van der Waals surface area contributed by atoms with Gasteiger partial charge in [-0.15, -0.1) is 0 Å². The van der Waals surface area contributed by atoms with Gasteiger partial charge in [-0.05, 0) is 53.5 Å². The normalized spacial score (nSPS) is 19.0. The van der Waals surface area contributed by atoms with Crippen LogP contribution in [0.5, 0.6) is 0 Å². The Morgan fingerprint density at radius 1 is 1.25 bits per heavy atom.